The van der Waals surface area contributed by atoms with Gasteiger partial charge in [-0.05, 0) is 12.1 Å². The Morgan fingerprint density at radius 1 is 1.11 bits per heavy atom. The summed E-state index contributed by atoms with van der Waals surface area (Å²) in [5.41, 5.74) is 5.32. The Morgan fingerprint density at radius 2 is 1.81 bits per heavy atom. The zero-order valence-electron chi connectivity index (χ0n) is 15.1. The molecule has 1 heterocycles. The third-order valence-electron chi connectivity index (χ3n) is 4.54. The summed E-state index contributed by atoms with van der Waals surface area (Å²) in [4.78, 5) is 13.5. The molecule has 0 saturated carbocycles. The number of quaternary nitrogens is 1. The standard InChI is InChI=1S/C21H22N4O2/c22-14-18-8-4-5-9-20(18)27-16-21(26)24-23-19-10-12-25(13-11-19)15-17-6-2-1-3-7-17/h1-9H,10-13,15-16H2,(H,24,26)/p+1. The third-order valence-corrected chi connectivity index (χ3v) is 4.54. The lowest BCUT2D eigenvalue weighted by molar-refractivity contribution is -0.914. The van der Waals surface area contributed by atoms with Crippen molar-refractivity contribution < 1.29 is 14.4 Å². The number of rotatable bonds is 6. The molecule has 0 spiro atoms. The first-order chi connectivity index (χ1) is 13.2. The van der Waals surface area contributed by atoms with Gasteiger partial charge in [-0.1, -0.05) is 42.5 Å². The molecule has 6 heteroatoms. The number of likely N-dealkylation sites (tertiary alicyclic amines) is 1. The minimum Gasteiger partial charge on any atom is -0.482 e. The van der Waals surface area contributed by atoms with Gasteiger partial charge in [0.05, 0.1) is 18.7 Å². The van der Waals surface area contributed by atoms with Gasteiger partial charge < -0.3 is 9.64 Å². The average Bonchev–Trinajstić information content (AvgIpc) is 2.72. The lowest BCUT2D eigenvalue weighted by atomic mass is 10.1. The number of ether oxygens (including phenoxy) is 1. The fourth-order valence-corrected chi connectivity index (χ4v) is 3.07. The molecule has 6 nitrogen and oxygen atoms in total. The summed E-state index contributed by atoms with van der Waals surface area (Å²) in [7, 11) is 0. The first-order valence-corrected chi connectivity index (χ1v) is 9.08. The van der Waals surface area contributed by atoms with Crippen LogP contribution < -0.4 is 15.1 Å². The second-order valence-corrected chi connectivity index (χ2v) is 6.52. The summed E-state index contributed by atoms with van der Waals surface area (Å²) in [6, 6.07) is 19.4. The van der Waals surface area contributed by atoms with Crippen molar-refractivity contribution in [2.45, 2.75) is 19.4 Å². The molecule has 0 unspecified atom stereocenters. The number of benzene rings is 2. The Bertz CT molecular complexity index is 833. The molecule has 0 aliphatic carbocycles. The maximum Gasteiger partial charge on any atom is 0.277 e. The van der Waals surface area contributed by atoms with Crippen LogP contribution in [0.2, 0.25) is 0 Å². The average molecular weight is 363 g/mol. The molecular weight excluding hydrogens is 340 g/mol. The van der Waals surface area contributed by atoms with Crippen LogP contribution >= 0.6 is 0 Å². The molecule has 2 N–H and O–H groups in total. The molecular formula is C21H23N4O2+. The van der Waals surface area contributed by atoms with Gasteiger partial charge >= 0.3 is 0 Å². The Hall–Kier alpha value is -3.17. The molecule has 138 valence electrons. The quantitative estimate of drug-likeness (QED) is 0.759. The number of carbonyl (C=O) groups excluding carboxylic acids is 1. The number of nitrogens with one attached hydrogen (secondary N) is 2. The van der Waals surface area contributed by atoms with Crippen molar-refractivity contribution in [1.29, 1.82) is 5.26 Å². The predicted octanol–water partition coefficient (Wildman–Crippen LogP) is 1.29. The van der Waals surface area contributed by atoms with Crippen LogP contribution in [0.25, 0.3) is 0 Å². The van der Waals surface area contributed by atoms with E-state index in [4.69, 9.17) is 10.00 Å². The number of para-hydroxylation sites is 1. The minimum atomic E-state index is -0.325. The Kier molecular flexibility index (Phi) is 6.55. The van der Waals surface area contributed by atoms with E-state index in [0.717, 1.165) is 38.2 Å². The van der Waals surface area contributed by atoms with E-state index < -0.39 is 0 Å². The number of nitriles is 1. The summed E-state index contributed by atoms with van der Waals surface area (Å²) in [6.45, 7) is 2.87. The van der Waals surface area contributed by atoms with Crippen LogP contribution in [0.15, 0.2) is 59.7 Å². The van der Waals surface area contributed by atoms with Gasteiger partial charge in [-0.25, -0.2) is 5.43 Å². The van der Waals surface area contributed by atoms with E-state index in [9.17, 15) is 4.79 Å². The third kappa shape index (κ3) is 5.66. The van der Waals surface area contributed by atoms with Gasteiger partial charge in [0.15, 0.2) is 6.61 Å². The molecule has 0 bridgehead atoms. The predicted molar refractivity (Wildman–Crippen MR) is 102 cm³/mol. The number of nitrogens with zero attached hydrogens (tertiary/aromatic N) is 2. The Labute approximate surface area is 159 Å². The molecule has 1 fully saturated rings. The van der Waals surface area contributed by atoms with Gasteiger partial charge in [0.2, 0.25) is 0 Å². The van der Waals surface area contributed by atoms with Crippen molar-refractivity contribution >= 4 is 11.6 Å². The molecule has 1 saturated heterocycles. The highest BCUT2D eigenvalue weighted by atomic mass is 16.5. The Balaban J connectivity index is 1.41. The topological polar surface area (TPSA) is 78.9 Å². The van der Waals surface area contributed by atoms with E-state index in [1.807, 2.05) is 12.1 Å². The fourth-order valence-electron chi connectivity index (χ4n) is 3.07. The summed E-state index contributed by atoms with van der Waals surface area (Å²) < 4.78 is 5.41. The van der Waals surface area contributed by atoms with Crippen LogP contribution in [0.3, 0.4) is 0 Å². The monoisotopic (exact) mass is 363 g/mol. The molecule has 3 rings (SSSR count). The second kappa shape index (κ2) is 9.51. The maximum atomic E-state index is 11.9. The van der Waals surface area contributed by atoms with Crippen molar-refractivity contribution in [3.8, 4) is 11.8 Å². The summed E-state index contributed by atoms with van der Waals surface area (Å²) in [5.74, 6) is 0.0786. The summed E-state index contributed by atoms with van der Waals surface area (Å²) >= 11 is 0. The van der Waals surface area contributed by atoms with Crippen LogP contribution in [-0.2, 0) is 11.3 Å². The normalized spacial score (nSPS) is 16.3. The molecule has 0 aromatic heterocycles. The van der Waals surface area contributed by atoms with Crippen molar-refractivity contribution in [1.82, 2.24) is 5.43 Å². The van der Waals surface area contributed by atoms with Gasteiger partial charge in [0.1, 0.15) is 18.4 Å². The van der Waals surface area contributed by atoms with Crippen molar-refractivity contribution in [2.75, 3.05) is 19.7 Å². The van der Waals surface area contributed by atoms with Crippen molar-refractivity contribution in [3.05, 3.63) is 65.7 Å². The number of hydrogen-bond acceptors (Lipinski definition) is 4. The van der Waals surface area contributed by atoms with E-state index in [1.54, 1.807) is 24.3 Å². The van der Waals surface area contributed by atoms with E-state index in [0.29, 0.717) is 11.3 Å². The highest BCUT2D eigenvalue weighted by Gasteiger charge is 2.18. The van der Waals surface area contributed by atoms with Crippen LogP contribution in [-0.4, -0.2) is 31.3 Å². The van der Waals surface area contributed by atoms with Crippen LogP contribution in [0.1, 0.15) is 24.0 Å². The molecule has 0 atom stereocenters. The number of amides is 1. The minimum absolute atomic E-state index is 0.166. The molecule has 0 radical (unpaired) electrons. The summed E-state index contributed by atoms with van der Waals surface area (Å²) in [5, 5.41) is 13.3. The van der Waals surface area contributed by atoms with Gasteiger partial charge in [-0.15, -0.1) is 0 Å². The highest BCUT2D eigenvalue weighted by molar-refractivity contribution is 5.87. The maximum absolute atomic E-state index is 11.9. The number of hydrogen-bond donors (Lipinski definition) is 2. The first-order valence-electron chi connectivity index (χ1n) is 9.08. The van der Waals surface area contributed by atoms with Crippen LogP contribution in [0.4, 0.5) is 0 Å². The largest absolute Gasteiger partial charge is 0.482 e. The molecule has 27 heavy (non-hydrogen) atoms. The lowest BCUT2D eigenvalue weighted by Gasteiger charge is -2.24. The second-order valence-electron chi connectivity index (χ2n) is 6.52. The molecule has 1 aliphatic heterocycles. The number of carbonyl (C=O) groups is 1. The Morgan fingerprint density at radius 3 is 2.56 bits per heavy atom. The van der Waals surface area contributed by atoms with Crippen LogP contribution in [0, 0.1) is 11.3 Å². The SMILES string of the molecule is N#Cc1ccccc1OCC(=O)NN=C1CC[NH+](Cc2ccccc2)CC1. The summed E-state index contributed by atoms with van der Waals surface area (Å²) in [6.07, 6.45) is 1.75. The number of piperidine rings is 1. The van der Waals surface area contributed by atoms with E-state index >= 15 is 0 Å². The fraction of sp³-hybridized carbons (Fsp3) is 0.286. The van der Waals surface area contributed by atoms with E-state index in [-0.39, 0.29) is 12.5 Å². The molecule has 2 aromatic rings. The van der Waals surface area contributed by atoms with E-state index in [1.165, 1.54) is 10.5 Å². The molecule has 1 amide bonds. The number of hydrazone groups is 1. The lowest BCUT2D eigenvalue weighted by Crippen LogP contribution is -3.11. The van der Waals surface area contributed by atoms with E-state index in [2.05, 4.69) is 34.8 Å². The highest BCUT2D eigenvalue weighted by Crippen LogP contribution is 2.16. The van der Waals surface area contributed by atoms with Gasteiger partial charge in [0.25, 0.3) is 5.91 Å². The smallest absolute Gasteiger partial charge is 0.277 e. The van der Waals surface area contributed by atoms with Crippen molar-refractivity contribution in [2.24, 2.45) is 5.10 Å². The van der Waals surface area contributed by atoms with Gasteiger partial charge in [0, 0.05) is 24.1 Å². The van der Waals surface area contributed by atoms with Crippen LogP contribution in [0.5, 0.6) is 5.75 Å². The zero-order valence-corrected chi connectivity index (χ0v) is 15.1. The van der Waals surface area contributed by atoms with Gasteiger partial charge in [-0.2, -0.15) is 10.4 Å². The van der Waals surface area contributed by atoms with Gasteiger partial charge in [-0.3, -0.25) is 4.79 Å². The van der Waals surface area contributed by atoms with Crippen molar-refractivity contribution in [3.63, 3.8) is 0 Å². The molecule has 1 aliphatic rings. The first kappa shape index (κ1) is 18.6. The molecule has 2 aromatic carbocycles. The zero-order chi connectivity index (χ0) is 18.9.